The molecular formula is C15H24N4O3. The molecule has 1 aromatic heterocycles. The fourth-order valence-corrected chi connectivity index (χ4v) is 3.12. The van der Waals surface area contributed by atoms with Crippen molar-refractivity contribution in [3.05, 3.63) is 11.7 Å². The lowest BCUT2D eigenvalue weighted by molar-refractivity contribution is 0.0550. The van der Waals surface area contributed by atoms with Gasteiger partial charge in [0.25, 0.3) is 0 Å². The van der Waals surface area contributed by atoms with Gasteiger partial charge in [-0.25, -0.2) is 4.79 Å². The smallest absolute Gasteiger partial charge is 0.317 e. The summed E-state index contributed by atoms with van der Waals surface area (Å²) in [6.07, 6.45) is 3.98. The lowest BCUT2D eigenvalue weighted by Crippen LogP contribution is -2.46. The summed E-state index contributed by atoms with van der Waals surface area (Å²) in [7, 11) is 0. The Kier molecular flexibility index (Phi) is 4.92. The molecule has 22 heavy (non-hydrogen) atoms. The Hall–Kier alpha value is -1.63. The van der Waals surface area contributed by atoms with Crippen LogP contribution in [-0.2, 0) is 4.74 Å². The fourth-order valence-electron chi connectivity index (χ4n) is 3.12. The molecule has 7 nitrogen and oxygen atoms in total. The quantitative estimate of drug-likeness (QED) is 0.919. The average Bonchev–Trinajstić information content (AvgIpc) is 3.00. The Morgan fingerprint density at radius 1 is 1.36 bits per heavy atom. The minimum Gasteiger partial charge on any atom is -0.381 e. The number of aromatic nitrogens is 2. The molecule has 1 aromatic rings. The van der Waals surface area contributed by atoms with Gasteiger partial charge >= 0.3 is 6.03 Å². The van der Waals surface area contributed by atoms with Gasteiger partial charge in [-0.1, -0.05) is 5.16 Å². The third kappa shape index (κ3) is 3.76. The van der Waals surface area contributed by atoms with E-state index >= 15 is 0 Å². The molecule has 0 aromatic carbocycles. The first-order chi connectivity index (χ1) is 10.7. The lowest BCUT2D eigenvalue weighted by atomic mass is 9.97. The molecule has 0 bridgehead atoms. The van der Waals surface area contributed by atoms with Crippen molar-refractivity contribution < 1.29 is 14.1 Å². The third-order valence-corrected chi connectivity index (χ3v) is 4.47. The number of aryl methyl sites for hydroxylation is 1. The molecule has 3 heterocycles. The molecule has 0 radical (unpaired) electrons. The van der Waals surface area contributed by atoms with E-state index in [0.29, 0.717) is 24.2 Å². The second-order valence-electron chi connectivity index (χ2n) is 6.21. The number of piperidine rings is 1. The molecule has 122 valence electrons. The van der Waals surface area contributed by atoms with Crippen LogP contribution in [0, 0.1) is 12.8 Å². The van der Waals surface area contributed by atoms with Gasteiger partial charge in [-0.3, -0.25) is 0 Å². The highest BCUT2D eigenvalue weighted by atomic mass is 16.5. The lowest BCUT2D eigenvalue weighted by Gasteiger charge is -2.31. The summed E-state index contributed by atoms with van der Waals surface area (Å²) < 4.78 is 10.7. The number of carbonyl (C=O) groups is 1. The van der Waals surface area contributed by atoms with Crippen molar-refractivity contribution in [2.75, 3.05) is 32.8 Å². The maximum Gasteiger partial charge on any atom is 0.317 e. The highest BCUT2D eigenvalue weighted by molar-refractivity contribution is 5.74. The number of hydrogen-bond acceptors (Lipinski definition) is 5. The standard InChI is InChI=1S/C15H24N4O3/c1-11-17-14(22-18-11)13-4-6-19(7-5-13)15(20)16-9-12-3-2-8-21-10-12/h12-13H,2-10H2,1H3,(H,16,20). The maximum absolute atomic E-state index is 12.2. The van der Waals surface area contributed by atoms with Gasteiger partial charge in [0.1, 0.15) is 0 Å². The summed E-state index contributed by atoms with van der Waals surface area (Å²) in [5.41, 5.74) is 0. The van der Waals surface area contributed by atoms with Gasteiger partial charge in [0.2, 0.25) is 5.89 Å². The summed E-state index contributed by atoms with van der Waals surface area (Å²) in [6, 6.07) is 0.0331. The number of carbonyl (C=O) groups excluding carboxylic acids is 1. The molecule has 1 N–H and O–H groups in total. The Morgan fingerprint density at radius 3 is 2.82 bits per heavy atom. The molecule has 1 atom stereocenters. The molecule has 3 rings (SSSR count). The zero-order valence-electron chi connectivity index (χ0n) is 13.1. The van der Waals surface area contributed by atoms with Crippen LogP contribution < -0.4 is 5.32 Å². The van der Waals surface area contributed by atoms with Crippen molar-refractivity contribution in [3.63, 3.8) is 0 Å². The molecule has 2 saturated heterocycles. The van der Waals surface area contributed by atoms with Crippen LogP contribution in [0.3, 0.4) is 0 Å². The predicted octanol–water partition coefficient (Wildman–Crippen LogP) is 1.69. The summed E-state index contributed by atoms with van der Waals surface area (Å²) in [5, 5.41) is 6.87. The topological polar surface area (TPSA) is 80.5 Å². The van der Waals surface area contributed by atoms with E-state index in [2.05, 4.69) is 15.5 Å². The minimum atomic E-state index is 0.0331. The van der Waals surface area contributed by atoms with Crippen molar-refractivity contribution in [2.45, 2.75) is 38.5 Å². The van der Waals surface area contributed by atoms with Crippen LogP contribution in [0.25, 0.3) is 0 Å². The monoisotopic (exact) mass is 308 g/mol. The van der Waals surface area contributed by atoms with Gasteiger partial charge in [0.15, 0.2) is 5.82 Å². The maximum atomic E-state index is 12.2. The van der Waals surface area contributed by atoms with Crippen LogP contribution >= 0.6 is 0 Å². The summed E-state index contributed by atoms with van der Waals surface area (Å²) in [5.74, 6) is 2.11. The zero-order valence-corrected chi connectivity index (χ0v) is 13.1. The molecule has 2 aliphatic rings. The first kappa shape index (κ1) is 15.3. The number of urea groups is 1. The zero-order chi connectivity index (χ0) is 15.4. The second kappa shape index (κ2) is 7.09. The highest BCUT2D eigenvalue weighted by Gasteiger charge is 2.27. The Bertz CT molecular complexity index is 491. The fraction of sp³-hybridized carbons (Fsp3) is 0.800. The van der Waals surface area contributed by atoms with Crippen LogP contribution in [0.1, 0.15) is 43.3 Å². The highest BCUT2D eigenvalue weighted by Crippen LogP contribution is 2.26. The van der Waals surface area contributed by atoms with E-state index in [1.807, 2.05) is 11.8 Å². The molecule has 7 heteroatoms. The average molecular weight is 308 g/mol. The first-order valence-corrected chi connectivity index (χ1v) is 8.13. The number of amides is 2. The predicted molar refractivity (Wildman–Crippen MR) is 79.5 cm³/mol. The van der Waals surface area contributed by atoms with E-state index in [-0.39, 0.29) is 11.9 Å². The summed E-state index contributed by atoms with van der Waals surface area (Å²) >= 11 is 0. The van der Waals surface area contributed by atoms with Crippen molar-refractivity contribution in [1.82, 2.24) is 20.4 Å². The third-order valence-electron chi connectivity index (χ3n) is 4.47. The Labute approximate surface area is 130 Å². The van der Waals surface area contributed by atoms with Gasteiger partial charge in [-0.2, -0.15) is 4.98 Å². The normalized spacial score (nSPS) is 23.5. The number of rotatable bonds is 3. The first-order valence-electron chi connectivity index (χ1n) is 8.13. The molecule has 0 spiro atoms. The Balaban J connectivity index is 1.41. The van der Waals surface area contributed by atoms with Gasteiger partial charge in [-0.15, -0.1) is 0 Å². The van der Waals surface area contributed by atoms with Crippen LogP contribution in [0.5, 0.6) is 0 Å². The molecule has 0 saturated carbocycles. The van der Waals surface area contributed by atoms with E-state index in [1.54, 1.807) is 0 Å². The van der Waals surface area contributed by atoms with Crippen molar-refractivity contribution in [2.24, 2.45) is 5.92 Å². The van der Waals surface area contributed by atoms with Crippen LogP contribution in [0.2, 0.25) is 0 Å². The second-order valence-corrected chi connectivity index (χ2v) is 6.21. The van der Waals surface area contributed by atoms with Crippen LogP contribution in [0.15, 0.2) is 4.52 Å². The van der Waals surface area contributed by atoms with E-state index in [1.165, 1.54) is 0 Å². The summed E-state index contributed by atoms with van der Waals surface area (Å²) in [6.45, 7) is 5.62. The van der Waals surface area contributed by atoms with Crippen LogP contribution in [-0.4, -0.2) is 53.9 Å². The number of ether oxygens (including phenoxy) is 1. The van der Waals surface area contributed by atoms with Crippen molar-refractivity contribution in [3.8, 4) is 0 Å². The SMILES string of the molecule is Cc1noc(C2CCN(C(=O)NCC3CCCOC3)CC2)n1. The van der Waals surface area contributed by atoms with Gasteiger partial charge in [0.05, 0.1) is 6.61 Å². The number of nitrogens with zero attached hydrogens (tertiary/aromatic N) is 3. The van der Waals surface area contributed by atoms with E-state index < -0.39 is 0 Å². The Morgan fingerprint density at radius 2 is 2.18 bits per heavy atom. The molecular weight excluding hydrogens is 284 g/mol. The van der Waals surface area contributed by atoms with E-state index in [9.17, 15) is 4.79 Å². The van der Waals surface area contributed by atoms with E-state index in [0.717, 1.165) is 52.0 Å². The van der Waals surface area contributed by atoms with Crippen LogP contribution in [0.4, 0.5) is 4.79 Å². The van der Waals surface area contributed by atoms with Crippen molar-refractivity contribution in [1.29, 1.82) is 0 Å². The van der Waals surface area contributed by atoms with E-state index in [4.69, 9.17) is 9.26 Å². The van der Waals surface area contributed by atoms with Gasteiger partial charge in [-0.05, 0) is 38.5 Å². The van der Waals surface area contributed by atoms with Gasteiger partial charge < -0.3 is 19.5 Å². The largest absolute Gasteiger partial charge is 0.381 e. The van der Waals surface area contributed by atoms with Crippen molar-refractivity contribution >= 4 is 6.03 Å². The molecule has 1 unspecified atom stereocenters. The number of hydrogen-bond donors (Lipinski definition) is 1. The molecule has 2 amide bonds. The number of likely N-dealkylation sites (tertiary alicyclic amines) is 1. The minimum absolute atomic E-state index is 0.0331. The summed E-state index contributed by atoms with van der Waals surface area (Å²) in [4.78, 5) is 18.4. The van der Waals surface area contributed by atoms with Gasteiger partial charge in [0, 0.05) is 32.2 Å². The molecule has 0 aliphatic carbocycles. The number of nitrogens with one attached hydrogen (secondary N) is 1. The molecule has 2 fully saturated rings. The molecule has 2 aliphatic heterocycles.